The molecule has 0 fully saturated rings. The second kappa shape index (κ2) is 8.84. The molecule has 180 valence electrons. The Balaban J connectivity index is 0.00000324. The Labute approximate surface area is 190 Å². The molecule has 0 unspecified atom stereocenters. The summed E-state index contributed by atoms with van der Waals surface area (Å²) in [5.74, 6) is -1.01. The number of halogens is 6. The van der Waals surface area contributed by atoms with Crippen LogP contribution in [0.5, 0.6) is 5.88 Å². The molecule has 0 aliphatic carbocycles. The lowest BCUT2D eigenvalue weighted by atomic mass is 10.0. The van der Waals surface area contributed by atoms with Crippen molar-refractivity contribution >= 4 is 11.9 Å². The summed E-state index contributed by atoms with van der Waals surface area (Å²) in [6, 6.07) is 9.56. The highest BCUT2D eigenvalue weighted by Gasteiger charge is 2.38. The van der Waals surface area contributed by atoms with Gasteiger partial charge in [0.25, 0.3) is 5.91 Å². The lowest BCUT2D eigenvalue weighted by Gasteiger charge is -2.29. The molecular formula is C22H18F6N4O2. The number of alkyl halides is 6. The van der Waals surface area contributed by atoms with E-state index >= 15 is 0 Å². The third kappa shape index (κ3) is 4.90. The van der Waals surface area contributed by atoms with Crippen molar-refractivity contribution in [2.45, 2.75) is 26.3 Å². The van der Waals surface area contributed by atoms with Gasteiger partial charge in [-0.1, -0.05) is 37.8 Å². The number of nitrogens with two attached hydrogens (primary N) is 1. The highest BCUT2D eigenvalue weighted by molar-refractivity contribution is 6.02. The monoisotopic (exact) mass is 484 g/mol. The van der Waals surface area contributed by atoms with Gasteiger partial charge < -0.3 is 15.4 Å². The molecule has 0 atom stereocenters. The molecule has 2 aromatic carbocycles. The van der Waals surface area contributed by atoms with Crippen LogP contribution in [-0.4, -0.2) is 27.5 Å². The average molecular weight is 484 g/mol. The van der Waals surface area contributed by atoms with Crippen molar-refractivity contribution in [1.82, 2.24) is 14.9 Å². The minimum atomic E-state index is -5.00. The van der Waals surface area contributed by atoms with Crippen molar-refractivity contribution in [1.29, 1.82) is 0 Å². The fraction of sp³-hybridized carbons (Fsp3) is 0.227. The molecule has 0 saturated heterocycles. The number of fused-ring (bicyclic) bond motifs is 1. The number of nitrogens with zero attached hydrogens (tertiary/aromatic N) is 3. The summed E-state index contributed by atoms with van der Waals surface area (Å²) in [6.45, 7) is -1.02. The number of hydrogen-bond donors (Lipinski definition) is 1. The van der Waals surface area contributed by atoms with Crippen molar-refractivity contribution in [3.63, 3.8) is 0 Å². The predicted octanol–water partition coefficient (Wildman–Crippen LogP) is 5.39. The van der Waals surface area contributed by atoms with Crippen molar-refractivity contribution in [3.05, 3.63) is 70.8 Å². The Morgan fingerprint density at radius 1 is 0.941 bits per heavy atom. The van der Waals surface area contributed by atoms with E-state index in [1.54, 1.807) is 30.3 Å². The number of ether oxygens (including phenoxy) is 1. The van der Waals surface area contributed by atoms with Crippen molar-refractivity contribution < 1.29 is 35.9 Å². The Hall–Kier alpha value is -3.83. The number of hydrogen-bond acceptors (Lipinski definition) is 5. The zero-order valence-electron chi connectivity index (χ0n) is 16.5. The molecule has 2 heterocycles. The van der Waals surface area contributed by atoms with E-state index in [1.807, 2.05) is 0 Å². The molecule has 2 N–H and O–H groups in total. The first kappa shape index (κ1) is 24.8. The van der Waals surface area contributed by atoms with Gasteiger partial charge in [-0.15, -0.1) is 0 Å². The Kier molecular flexibility index (Phi) is 6.45. The summed E-state index contributed by atoms with van der Waals surface area (Å²) in [4.78, 5) is 22.1. The van der Waals surface area contributed by atoms with Crippen LogP contribution in [0.1, 0.15) is 34.5 Å². The molecule has 0 saturated carbocycles. The summed E-state index contributed by atoms with van der Waals surface area (Å²) in [6.07, 6.45) is -10.0. The number of nitrogen functional groups attached to an aromatic ring is 1. The highest BCUT2D eigenvalue weighted by atomic mass is 19.4. The first-order valence-electron chi connectivity index (χ1n) is 9.37. The standard InChI is InChI=1S/C21H14F6N4O2.CH4/c22-20(23,24)13-6-11(7-14(8-13)21(25,26)27)9-31-10-33-17-15(18(31)32)16(29-19(28)30-17)12-4-2-1-3-5-12;/h1-8H,9-10H2,(H2,28,29,30);1H4. The number of carbonyl (C=O) groups is 1. The second-order valence-electron chi connectivity index (χ2n) is 7.17. The molecule has 0 bridgehead atoms. The SMILES string of the molecule is C.Nc1nc2c(c(-c3ccccc3)n1)C(=O)N(Cc1cc(C(F)(F)F)cc(C(F)(F)F)c1)CO2. The molecule has 1 aromatic heterocycles. The number of amides is 1. The van der Waals surface area contributed by atoms with Gasteiger partial charge in [0.2, 0.25) is 11.8 Å². The lowest BCUT2D eigenvalue weighted by molar-refractivity contribution is -0.143. The number of aromatic nitrogens is 2. The van der Waals surface area contributed by atoms with Gasteiger partial charge in [0, 0.05) is 12.1 Å². The predicted molar refractivity (Wildman–Crippen MR) is 110 cm³/mol. The van der Waals surface area contributed by atoms with Gasteiger partial charge in [-0.05, 0) is 23.8 Å². The van der Waals surface area contributed by atoms with Crippen LogP contribution in [0.4, 0.5) is 32.3 Å². The number of carbonyl (C=O) groups excluding carboxylic acids is 1. The fourth-order valence-electron chi connectivity index (χ4n) is 3.36. The summed E-state index contributed by atoms with van der Waals surface area (Å²) in [7, 11) is 0. The van der Waals surface area contributed by atoms with E-state index < -0.39 is 42.7 Å². The molecule has 1 amide bonds. The van der Waals surface area contributed by atoms with Gasteiger partial charge in [-0.2, -0.15) is 31.3 Å². The molecular weight excluding hydrogens is 466 g/mol. The molecule has 4 rings (SSSR count). The maximum Gasteiger partial charge on any atom is 0.416 e. The van der Waals surface area contributed by atoms with Crippen LogP contribution >= 0.6 is 0 Å². The van der Waals surface area contributed by atoms with Crippen LogP contribution in [0.3, 0.4) is 0 Å². The van der Waals surface area contributed by atoms with Gasteiger partial charge in [-0.25, -0.2) is 4.98 Å². The molecule has 34 heavy (non-hydrogen) atoms. The first-order valence-corrected chi connectivity index (χ1v) is 9.37. The van der Waals surface area contributed by atoms with Crippen LogP contribution in [-0.2, 0) is 18.9 Å². The smallest absolute Gasteiger partial charge is 0.416 e. The molecule has 0 spiro atoms. The molecule has 1 aliphatic heterocycles. The first-order chi connectivity index (χ1) is 15.4. The third-order valence-electron chi connectivity index (χ3n) is 4.82. The molecule has 1 aliphatic rings. The van der Waals surface area contributed by atoms with Gasteiger partial charge in [0.05, 0.1) is 16.8 Å². The maximum absolute atomic E-state index is 13.2. The van der Waals surface area contributed by atoms with Crippen LogP contribution in [0.15, 0.2) is 48.5 Å². The number of rotatable bonds is 3. The van der Waals surface area contributed by atoms with E-state index in [4.69, 9.17) is 10.5 Å². The minimum Gasteiger partial charge on any atom is -0.455 e. The zero-order chi connectivity index (χ0) is 24.0. The van der Waals surface area contributed by atoms with Crippen molar-refractivity contribution in [3.8, 4) is 17.1 Å². The van der Waals surface area contributed by atoms with Gasteiger partial charge >= 0.3 is 12.4 Å². The summed E-state index contributed by atoms with van der Waals surface area (Å²) in [5, 5.41) is 0. The van der Waals surface area contributed by atoms with E-state index in [0.717, 1.165) is 4.90 Å². The van der Waals surface area contributed by atoms with Gasteiger partial charge in [0.15, 0.2) is 6.73 Å². The van der Waals surface area contributed by atoms with Crippen molar-refractivity contribution in [2.75, 3.05) is 12.5 Å². The molecule has 3 aromatic rings. The van der Waals surface area contributed by atoms with Crippen LogP contribution in [0.25, 0.3) is 11.3 Å². The number of anilines is 1. The van der Waals surface area contributed by atoms with E-state index in [0.29, 0.717) is 17.7 Å². The third-order valence-corrected chi connectivity index (χ3v) is 4.82. The van der Waals surface area contributed by atoms with Crippen LogP contribution < -0.4 is 10.5 Å². The Morgan fingerprint density at radius 3 is 2.09 bits per heavy atom. The van der Waals surface area contributed by atoms with E-state index in [-0.39, 0.29) is 42.1 Å². The molecule has 0 radical (unpaired) electrons. The topological polar surface area (TPSA) is 81.3 Å². The van der Waals surface area contributed by atoms with E-state index in [2.05, 4.69) is 9.97 Å². The van der Waals surface area contributed by atoms with Crippen LogP contribution in [0.2, 0.25) is 0 Å². The zero-order valence-corrected chi connectivity index (χ0v) is 16.5. The fourth-order valence-corrected chi connectivity index (χ4v) is 3.36. The van der Waals surface area contributed by atoms with Crippen LogP contribution in [0, 0.1) is 0 Å². The molecule has 12 heteroatoms. The van der Waals surface area contributed by atoms with E-state index in [9.17, 15) is 31.1 Å². The highest BCUT2D eigenvalue weighted by Crippen LogP contribution is 2.37. The summed E-state index contributed by atoms with van der Waals surface area (Å²) >= 11 is 0. The summed E-state index contributed by atoms with van der Waals surface area (Å²) in [5.41, 5.74) is 2.93. The lowest BCUT2D eigenvalue weighted by Crippen LogP contribution is -2.39. The average Bonchev–Trinajstić information content (AvgIpc) is 2.74. The Bertz CT molecular complexity index is 1180. The Morgan fingerprint density at radius 2 is 1.53 bits per heavy atom. The minimum absolute atomic E-state index is 0. The van der Waals surface area contributed by atoms with Gasteiger partial charge in [-0.3, -0.25) is 4.79 Å². The largest absolute Gasteiger partial charge is 0.455 e. The maximum atomic E-state index is 13.2. The molecule has 6 nitrogen and oxygen atoms in total. The van der Waals surface area contributed by atoms with E-state index in [1.165, 1.54) is 0 Å². The second-order valence-corrected chi connectivity index (χ2v) is 7.17. The van der Waals surface area contributed by atoms with Gasteiger partial charge in [0.1, 0.15) is 5.56 Å². The van der Waals surface area contributed by atoms with Crippen molar-refractivity contribution in [2.24, 2.45) is 0 Å². The summed E-state index contributed by atoms with van der Waals surface area (Å²) < 4.78 is 84.4. The normalized spacial score (nSPS) is 13.7. The number of benzene rings is 2. The quantitative estimate of drug-likeness (QED) is 0.504.